The molecule has 1 amide bonds. The molecule has 96 valence electrons. The van der Waals surface area contributed by atoms with Crippen LogP contribution in [-0.2, 0) is 4.79 Å². The van der Waals surface area contributed by atoms with Crippen molar-refractivity contribution in [1.82, 2.24) is 10.2 Å². The monoisotopic (exact) mass is 236 g/mol. The summed E-state index contributed by atoms with van der Waals surface area (Å²) in [7, 11) is 1.91. The van der Waals surface area contributed by atoms with Crippen LogP contribution in [0.4, 0.5) is 0 Å². The highest BCUT2D eigenvalue weighted by molar-refractivity contribution is 5.78. The number of rotatable bonds is 5. The van der Waals surface area contributed by atoms with Gasteiger partial charge in [0.15, 0.2) is 0 Å². The van der Waals surface area contributed by atoms with Crippen LogP contribution in [0, 0.1) is 18.3 Å². The van der Waals surface area contributed by atoms with E-state index < -0.39 is 0 Å². The van der Waals surface area contributed by atoms with Crippen LogP contribution in [0.1, 0.15) is 39.0 Å². The van der Waals surface area contributed by atoms with Gasteiger partial charge in [-0.2, -0.15) is 0 Å². The first kappa shape index (κ1) is 14.1. The number of hydrogen-bond acceptors (Lipinski definition) is 2. The maximum atomic E-state index is 11.9. The molecule has 3 heteroatoms. The van der Waals surface area contributed by atoms with Gasteiger partial charge in [0.05, 0.1) is 13.1 Å². The van der Waals surface area contributed by atoms with Gasteiger partial charge in [-0.3, -0.25) is 10.1 Å². The number of carbonyl (C=O) groups is 1. The second-order valence-electron chi connectivity index (χ2n) is 4.90. The number of carbonyl (C=O) groups excluding carboxylic acids is 1. The zero-order chi connectivity index (χ0) is 12.7. The summed E-state index contributed by atoms with van der Waals surface area (Å²) >= 11 is 0. The molecular weight excluding hydrogens is 212 g/mol. The predicted molar refractivity (Wildman–Crippen MR) is 70.5 cm³/mol. The summed E-state index contributed by atoms with van der Waals surface area (Å²) in [6.07, 6.45) is 11.2. The lowest BCUT2D eigenvalue weighted by Crippen LogP contribution is -2.43. The summed E-state index contributed by atoms with van der Waals surface area (Å²) in [4.78, 5) is 13.8. The highest BCUT2D eigenvalue weighted by Gasteiger charge is 2.25. The number of nitrogens with one attached hydrogen (secondary N) is 1. The summed E-state index contributed by atoms with van der Waals surface area (Å²) in [5, 5.41) is 2.95. The standard InChI is InChI=1S/C14H24N2O/c1-4-10-15-11-14(17)16(3)13-8-6-12(5-2)7-9-13/h1,12-13,15H,5-11H2,2-3H3. The van der Waals surface area contributed by atoms with Crippen LogP contribution in [0.5, 0.6) is 0 Å². The maximum absolute atomic E-state index is 11.9. The smallest absolute Gasteiger partial charge is 0.236 e. The lowest BCUT2D eigenvalue weighted by Gasteiger charge is -2.34. The molecule has 0 aromatic carbocycles. The van der Waals surface area contributed by atoms with Crippen molar-refractivity contribution in [2.45, 2.75) is 45.1 Å². The van der Waals surface area contributed by atoms with Crippen molar-refractivity contribution in [3.8, 4) is 12.3 Å². The minimum Gasteiger partial charge on any atom is -0.342 e. The second-order valence-corrected chi connectivity index (χ2v) is 4.90. The van der Waals surface area contributed by atoms with E-state index in [-0.39, 0.29) is 5.91 Å². The highest BCUT2D eigenvalue weighted by Crippen LogP contribution is 2.28. The fourth-order valence-electron chi connectivity index (χ4n) is 2.51. The normalized spacial score (nSPS) is 24.1. The van der Waals surface area contributed by atoms with Crippen LogP contribution in [0.15, 0.2) is 0 Å². The van der Waals surface area contributed by atoms with Gasteiger partial charge in [-0.25, -0.2) is 0 Å². The molecular formula is C14H24N2O. The van der Waals surface area contributed by atoms with E-state index in [2.05, 4.69) is 18.2 Å². The number of amides is 1. The van der Waals surface area contributed by atoms with Crippen LogP contribution in [-0.4, -0.2) is 37.0 Å². The molecule has 1 saturated carbocycles. The van der Waals surface area contributed by atoms with Gasteiger partial charge in [0.1, 0.15) is 0 Å². The van der Waals surface area contributed by atoms with Gasteiger partial charge in [-0.1, -0.05) is 19.3 Å². The Balaban J connectivity index is 2.30. The molecule has 0 radical (unpaired) electrons. The van der Waals surface area contributed by atoms with Crippen LogP contribution in [0.2, 0.25) is 0 Å². The minimum atomic E-state index is 0.153. The molecule has 0 aliphatic heterocycles. The van der Waals surface area contributed by atoms with E-state index in [0.717, 1.165) is 18.8 Å². The Hall–Kier alpha value is -1.01. The lowest BCUT2D eigenvalue weighted by molar-refractivity contribution is -0.131. The van der Waals surface area contributed by atoms with Crippen LogP contribution >= 0.6 is 0 Å². The average molecular weight is 236 g/mol. The van der Waals surface area contributed by atoms with Crippen molar-refractivity contribution >= 4 is 5.91 Å². The molecule has 1 rings (SSSR count). The number of terminal acetylenes is 1. The molecule has 0 aromatic rings. The zero-order valence-corrected chi connectivity index (χ0v) is 11.0. The molecule has 0 spiro atoms. The van der Waals surface area contributed by atoms with E-state index in [1.807, 2.05) is 11.9 Å². The SMILES string of the molecule is C#CCNCC(=O)N(C)C1CCC(CC)CC1. The van der Waals surface area contributed by atoms with Gasteiger partial charge in [0, 0.05) is 13.1 Å². The third-order valence-corrected chi connectivity index (χ3v) is 3.84. The van der Waals surface area contributed by atoms with Crippen molar-refractivity contribution in [3.63, 3.8) is 0 Å². The van der Waals surface area contributed by atoms with Gasteiger partial charge >= 0.3 is 0 Å². The Bertz CT molecular complexity index is 274. The molecule has 0 heterocycles. The van der Waals surface area contributed by atoms with Gasteiger partial charge in [-0.05, 0) is 31.6 Å². The van der Waals surface area contributed by atoms with Crippen molar-refractivity contribution in [2.75, 3.05) is 20.1 Å². The number of nitrogens with zero attached hydrogens (tertiary/aromatic N) is 1. The fraction of sp³-hybridized carbons (Fsp3) is 0.786. The minimum absolute atomic E-state index is 0.153. The summed E-state index contributed by atoms with van der Waals surface area (Å²) in [5.41, 5.74) is 0. The maximum Gasteiger partial charge on any atom is 0.236 e. The van der Waals surface area contributed by atoms with E-state index >= 15 is 0 Å². The Morgan fingerprint density at radius 2 is 2.06 bits per heavy atom. The van der Waals surface area contributed by atoms with Crippen molar-refractivity contribution in [3.05, 3.63) is 0 Å². The highest BCUT2D eigenvalue weighted by atomic mass is 16.2. The zero-order valence-electron chi connectivity index (χ0n) is 11.0. The average Bonchev–Trinajstić information content (AvgIpc) is 2.38. The molecule has 0 unspecified atom stereocenters. The molecule has 17 heavy (non-hydrogen) atoms. The van der Waals surface area contributed by atoms with Gasteiger partial charge in [0.2, 0.25) is 5.91 Å². The summed E-state index contributed by atoms with van der Waals surface area (Å²) < 4.78 is 0. The predicted octanol–water partition coefficient (Wildman–Crippen LogP) is 1.64. The van der Waals surface area contributed by atoms with E-state index in [4.69, 9.17) is 6.42 Å². The molecule has 1 fully saturated rings. The van der Waals surface area contributed by atoms with Crippen LogP contribution in [0.3, 0.4) is 0 Å². The largest absolute Gasteiger partial charge is 0.342 e. The fourth-order valence-corrected chi connectivity index (χ4v) is 2.51. The summed E-state index contributed by atoms with van der Waals surface area (Å²) in [6, 6.07) is 0.429. The van der Waals surface area contributed by atoms with E-state index in [1.54, 1.807) is 0 Å². The van der Waals surface area contributed by atoms with Crippen LogP contribution in [0.25, 0.3) is 0 Å². The first-order valence-corrected chi connectivity index (χ1v) is 6.58. The number of hydrogen-bond donors (Lipinski definition) is 1. The Morgan fingerprint density at radius 1 is 1.41 bits per heavy atom. The molecule has 0 saturated heterocycles. The van der Waals surface area contributed by atoms with E-state index in [0.29, 0.717) is 19.1 Å². The van der Waals surface area contributed by atoms with Gasteiger partial charge in [-0.15, -0.1) is 6.42 Å². The number of likely N-dealkylation sites (N-methyl/N-ethyl adjacent to an activating group) is 1. The summed E-state index contributed by atoms with van der Waals surface area (Å²) in [5.74, 6) is 3.50. The van der Waals surface area contributed by atoms with E-state index in [9.17, 15) is 4.79 Å². The second kappa shape index (κ2) is 7.34. The Labute approximate surface area is 105 Å². The third-order valence-electron chi connectivity index (χ3n) is 3.84. The van der Waals surface area contributed by atoms with Crippen molar-refractivity contribution < 1.29 is 4.79 Å². The molecule has 1 aliphatic rings. The molecule has 3 nitrogen and oxygen atoms in total. The molecule has 0 bridgehead atoms. The van der Waals surface area contributed by atoms with E-state index in [1.165, 1.54) is 19.3 Å². The molecule has 0 atom stereocenters. The lowest BCUT2D eigenvalue weighted by atomic mass is 9.84. The van der Waals surface area contributed by atoms with Gasteiger partial charge in [0.25, 0.3) is 0 Å². The molecule has 1 aliphatic carbocycles. The van der Waals surface area contributed by atoms with Crippen molar-refractivity contribution in [1.29, 1.82) is 0 Å². The first-order valence-electron chi connectivity index (χ1n) is 6.58. The quantitative estimate of drug-likeness (QED) is 0.581. The third kappa shape index (κ3) is 4.40. The Kier molecular flexibility index (Phi) is 6.07. The molecule has 1 N–H and O–H groups in total. The van der Waals surface area contributed by atoms with Crippen molar-refractivity contribution in [2.24, 2.45) is 5.92 Å². The Morgan fingerprint density at radius 3 is 2.59 bits per heavy atom. The van der Waals surface area contributed by atoms with Gasteiger partial charge < -0.3 is 4.90 Å². The summed E-state index contributed by atoms with van der Waals surface area (Å²) in [6.45, 7) is 3.07. The molecule has 0 aromatic heterocycles. The van der Waals surface area contributed by atoms with Crippen LogP contribution < -0.4 is 5.32 Å². The topological polar surface area (TPSA) is 32.3 Å². The first-order chi connectivity index (χ1) is 8.19.